The molecule has 2 fully saturated rings. The van der Waals surface area contributed by atoms with Crippen LogP contribution in [0.2, 0.25) is 0 Å². The minimum Gasteiger partial charge on any atom is -0.354 e. The van der Waals surface area contributed by atoms with Crippen LogP contribution in [0.1, 0.15) is 27.2 Å². The third-order valence-electron chi connectivity index (χ3n) is 2.86. The van der Waals surface area contributed by atoms with Crippen molar-refractivity contribution in [1.29, 1.82) is 0 Å². The normalized spacial score (nSPS) is 38.9. The van der Waals surface area contributed by atoms with Crippen LogP contribution in [-0.4, -0.2) is 29.2 Å². The molecule has 0 N–H and O–H groups in total. The summed E-state index contributed by atoms with van der Waals surface area (Å²) in [7, 11) is 0. The molecule has 0 aliphatic carbocycles. The Labute approximate surface area is 72.7 Å². The Morgan fingerprint density at radius 3 is 2.83 bits per heavy atom. The molecule has 68 valence electrons. The first kappa shape index (κ1) is 8.05. The van der Waals surface area contributed by atoms with Crippen molar-refractivity contribution in [2.24, 2.45) is 5.92 Å². The summed E-state index contributed by atoms with van der Waals surface area (Å²) >= 11 is 0. The Bertz CT molecular complexity index is 225. The van der Waals surface area contributed by atoms with Gasteiger partial charge in [0.2, 0.25) is 5.91 Å². The second-order valence-electron chi connectivity index (χ2n) is 4.26. The topological polar surface area (TPSA) is 29.5 Å². The van der Waals surface area contributed by atoms with Crippen molar-refractivity contribution in [3.63, 3.8) is 0 Å². The molecular weight excluding hydrogens is 154 g/mol. The second-order valence-corrected chi connectivity index (χ2v) is 4.26. The van der Waals surface area contributed by atoms with Crippen molar-refractivity contribution in [2.45, 2.75) is 39.0 Å². The molecule has 2 atom stereocenters. The summed E-state index contributed by atoms with van der Waals surface area (Å²) in [6, 6.07) is 0.336. The van der Waals surface area contributed by atoms with Gasteiger partial charge in [0.15, 0.2) is 0 Å². The van der Waals surface area contributed by atoms with Gasteiger partial charge in [0.25, 0.3) is 0 Å². The molecule has 0 bridgehead atoms. The maximum atomic E-state index is 11.6. The number of ether oxygens (including phenoxy) is 1. The summed E-state index contributed by atoms with van der Waals surface area (Å²) in [6.45, 7) is 6.63. The minimum absolute atomic E-state index is 0.193. The zero-order valence-corrected chi connectivity index (χ0v) is 7.83. The van der Waals surface area contributed by atoms with Crippen LogP contribution in [0.3, 0.4) is 0 Å². The monoisotopic (exact) mass is 169 g/mol. The third-order valence-corrected chi connectivity index (χ3v) is 2.86. The molecule has 0 spiro atoms. The fourth-order valence-corrected chi connectivity index (χ4v) is 2.25. The van der Waals surface area contributed by atoms with Crippen LogP contribution in [0.15, 0.2) is 0 Å². The third kappa shape index (κ3) is 0.891. The standard InChI is InChI=1S/C9H15NO2/c1-6-4-7-5-12-9(2,3)10(7)8(6)11/h6-7H,4-5H2,1-3H3/t6-,7-/m0/s1. The highest BCUT2D eigenvalue weighted by molar-refractivity contribution is 5.82. The lowest BCUT2D eigenvalue weighted by atomic mass is 10.1. The van der Waals surface area contributed by atoms with E-state index >= 15 is 0 Å². The van der Waals surface area contributed by atoms with E-state index in [2.05, 4.69) is 0 Å². The van der Waals surface area contributed by atoms with Crippen molar-refractivity contribution in [3.8, 4) is 0 Å². The fourth-order valence-electron chi connectivity index (χ4n) is 2.25. The van der Waals surface area contributed by atoms with Crippen LogP contribution >= 0.6 is 0 Å². The van der Waals surface area contributed by atoms with Crippen LogP contribution in [0.4, 0.5) is 0 Å². The molecule has 0 aromatic heterocycles. The van der Waals surface area contributed by atoms with E-state index < -0.39 is 0 Å². The van der Waals surface area contributed by atoms with E-state index in [0.717, 1.165) is 6.42 Å². The molecule has 0 aromatic rings. The number of rotatable bonds is 0. The zero-order valence-electron chi connectivity index (χ0n) is 7.83. The predicted molar refractivity (Wildman–Crippen MR) is 44.4 cm³/mol. The van der Waals surface area contributed by atoms with E-state index in [9.17, 15) is 4.79 Å². The Kier molecular flexibility index (Phi) is 1.49. The second kappa shape index (κ2) is 2.22. The lowest BCUT2D eigenvalue weighted by Crippen LogP contribution is -2.44. The molecule has 0 saturated carbocycles. The van der Waals surface area contributed by atoms with Gasteiger partial charge in [-0.1, -0.05) is 6.92 Å². The number of hydrogen-bond donors (Lipinski definition) is 0. The number of hydrogen-bond acceptors (Lipinski definition) is 2. The van der Waals surface area contributed by atoms with Crippen molar-refractivity contribution in [2.75, 3.05) is 6.61 Å². The zero-order chi connectivity index (χ0) is 8.93. The average Bonchev–Trinajstić information content (AvgIpc) is 2.39. The predicted octanol–water partition coefficient (Wildman–Crippen LogP) is 0.990. The van der Waals surface area contributed by atoms with Crippen molar-refractivity contribution < 1.29 is 9.53 Å². The largest absolute Gasteiger partial charge is 0.354 e. The first-order valence-corrected chi connectivity index (χ1v) is 4.49. The van der Waals surface area contributed by atoms with Gasteiger partial charge in [-0.3, -0.25) is 4.79 Å². The van der Waals surface area contributed by atoms with E-state index in [-0.39, 0.29) is 17.6 Å². The lowest BCUT2D eigenvalue weighted by molar-refractivity contribution is -0.144. The van der Waals surface area contributed by atoms with Crippen LogP contribution in [0.5, 0.6) is 0 Å². The Hall–Kier alpha value is -0.570. The number of carbonyl (C=O) groups excluding carboxylic acids is 1. The molecule has 2 saturated heterocycles. The molecule has 3 heteroatoms. The first-order chi connectivity index (χ1) is 5.52. The summed E-state index contributed by atoms with van der Waals surface area (Å²) in [6.07, 6.45) is 0.961. The summed E-state index contributed by atoms with van der Waals surface area (Å²) in [4.78, 5) is 13.5. The van der Waals surface area contributed by atoms with Gasteiger partial charge in [-0.15, -0.1) is 0 Å². The smallest absolute Gasteiger partial charge is 0.228 e. The molecule has 12 heavy (non-hydrogen) atoms. The first-order valence-electron chi connectivity index (χ1n) is 4.49. The van der Waals surface area contributed by atoms with Gasteiger partial charge in [-0.2, -0.15) is 0 Å². The molecule has 2 aliphatic heterocycles. The molecule has 0 unspecified atom stereocenters. The van der Waals surface area contributed by atoms with Crippen molar-refractivity contribution >= 4 is 5.91 Å². The fraction of sp³-hybridized carbons (Fsp3) is 0.889. The molecule has 0 radical (unpaired) electrons. The average molecular weight is 169 g/mol. The molecular formula is C9H15NO2. The van der Waals surface area contributed by atoms with Gasteiger partial charge in [0.05, 0.1) is 12.6 Å². The molecule has 0 aromatic carbocycles. The van der Waals surface area contributed by atoms with Crippen LogP contribution < -0.4 is 0 Å². The van der Waals surface area contributed by atoms with Crippen LogP contribution in [0.25, 0.3) is 0 Å². The summed E-state index contributed by atoms with van der Waals surface area (Å²) in [5.74, 6) is 0.445. The lowest BCUT2D eigenvalue weighted by Gasteiger charge is -2.29. The highest BCUT2D eigenvalue weighted by atomic mass is 16.5. The van der Waals surface area contributed by atoms with Crippen molar-refractivity contribution in [3.05, 3.63) is 0 Å². The van der Waals surface area contributed by atoms with E-state index in [4.69, 9.17) is 4.74 Å². The van der Waals surface area contributed by atoms with E-state index in [1.54, 1.807) is 0 Å². The molecule has 2 rings (SSSR count). The molecule has 1 amide bonds. The SMILES string of the molecule is C[C@H]1C[C@H]2COC(C)(C)N2C1=O. The summed E-state index contributed by atoms with van der Waals surface area (Å²) < 4.78 is 5.53. The highest BCUT2D eigenvalue weighted by Crippen LogP contribution is 2.37. The Morgan fingerprint density at radius 1 is 1.58 bits per heavy atom. The van der Waals surface area contributed by atoms with Gasteiger partial charge >= 0.3 is 0 Å². The van der Waals surface area contributed by atoms with E-state index in [1.807, 2.05) is 25.7 Å². The highest BCUT2D eigenvalue weighted by Gasteiger charge is 2.49. The number of carbonyl (C=O) groups is 1. The summed E-state index contributed by atoms with van der Waals surface area (Å²) in [5.41, 5.74) is -0.369. The molecule has 3 nitrogen and oxygen atoms in total. The minimum atomic E-state index is -0.369. The van der Waals surface area contributed by atoms with Gasteiger partial charge in [0.1, 0.15) is 5.72 Å². The van der Waals surface area contributed by atoms with Crippen molar-refractivity contribution in [1.82, 2.24) is 4.90 Å². The maximum absolute atomic E-state index is 11.6. The Morgan fingerprint density at radius 2 is 2.25 bits per heavy atom. The van der Waals surface area contributed by atoms with Crippen LogP contribution in [-0.2, 0) is 9.53 Å². The summed E-state index contributed by atoms with van der Waals surface area (Å²) in [5, 5.41) is 0. The van der Waals surface area contributed by atoms with Gasteiger partial charge in [-0.05, 0) is 20.3 Å². The number of amides is 1. The van der Waals surface area contributed by atoms with Gasteiger partial charge in [-0.25, -0.2) is 0 Å². The van der Waals surface area contributed by atoms with E-state index in [0.29, 0.717) is 12.6 Å². The quantitative estimate of drug-likeness (QED) is 0.541. The maximum Gasteiger partial charge on any atom is 0.228 e. The van der Waals surface area contributed by atoms with Gasteiger partial charge < -0.3 is 9.64 Å². The van der Waals surface area contributed by atoms with E-state index in [1.165, 1.54) is 0 Å². The molecule has 2 aliphatic rings. The van der Waals surface area contributed by atoms with Gasteiger partial charge in [0, 0.05) is 5.92 Å². The Balaban J connectivity index is 2.27. The number of fused-ring (bicyclic) bond motifs is 1. The van der Waals surface area contributed by atoms with Crippen LogP contribution in [0, 0.1) is 5.92 Å². The molecule has 2 heterocycles. The number of nitrogens with zero attached hydrogens (tertiary/aromatic N) is 1.